The van der Waals surface area contributed by atoms with Crippen molar-refractivity contribution in [3.05, 3.63) is 60.8 Å². The minimum atomic E-state index is -0.842. The quantitative estimate of drug-likeness (QED) is 0.0320. The van der Waals surface area contributed by atoms with Crippen molar-refractivity contribution in [2.75, 3.05) is 13.2 Å². The lowest BCUT2D eigenvalue weighted by molar-refractivity contribution is -0.143. The molecule has 0 aromatic heterocycles. The topological polar surface area (TPSA) is 95.9 Å². The van der Waals surface area contributed by atoms with Crippen LogP contribution in [0.4, 0.5) is 0 Å². The Morgan fingerprint density at radius 2 is 0.633 bits per heavy atom. The molecule has 0 fully saturated rings. The third-order valence-corrected chi connectivity index (χ3v) is 16.0. The molecule has 1 amide bonds. The highest BCUT2D eigenvalue weighted by Crippen LogP contribution is 2.18. The lowest BCUT2D eigenvalue weighted by Gasteiger charge is -2.20. The van der Waals surface area contributed by atoms with Crippen LogP contribution in [0.15, 0.2) is 60.8 Å². The lowest BCUT2D eigenvalue weighted by Crippen LogP contribution is -2.45. The molecule has 2 atom stereocenters. The van der Waals surface area contributed by atoms with Crippen molar-refractivity contribution in [1.82, 2.24) is 5.32 Å². The number of rotatable bonds is 65. The van der Waals surface area contributed by atoms with E-state index in [0.29, 0.717) is 19.4 Å². The lowest BCUT2D eigenvalue weighted by atomic mass is 10.0. The van der Waals surface area contributed by atoms with E-state index in [-0.39, 0.29) is 18.5 Å². The van der Waals surface area contributed by atoms with Gasteiger partial charge in [-0.3, -0.25) is 9.59 Å². The molecule has 2 unspecified atom stereocenters. The van der Waals surface area contributed by atoms with Crippen molar-refractivity contribution in [3.63, 3.8) is 0 Å². The molecule has 6 nitrogen and oxygen atoms in total. The number of carbonyl (C=O) groups excluding carboxylic acids is 2. The van der Waals surface area contributed by atoms with Crippen LogP contribution in [-0.2, 0) is 14.3 Å². The number of allylic oxidation sites excluding steroid dienone is 9. The summed E-state index contributed by atoms with van der Waals surface area (Å²) in [5, 5.41) is 23.1. The van der Waals surface area contributed by atoms with Gasteiger partial charge in [-0.1, -0.05) is 319 Å². The number of hydrogen-bond acceptors (Lipinski definition) is 5. The molecule has 462 valence electrons. The zero-order chi connectivity index (χ0) is 57.1. The van der Waals surface area contributed by atoms with Crippen molar-refractivity contribution in [1.29, 1.82) is 0 Å². The number of esters is 1. The Morgan fingerprint density at radius 1 is 0.354 bits per heavy atom. The van der Waals surface area contributed by atoms with Crippen LogP contribution in [0, 0.1) is 0 Å². The first-order valence-electron chi connectivity index (χ1n) is 35.1. The average Bonchev–Trinajstić information content (AvgIpc) is 3.45. The first kappa shape index (κ1) is 76.6. The van der Waals surface area contributed by atoms with Crippen LogP contribution in [0.3, 0.4) is 0 Å². The van der Waals surface area contributed by atoms with Gasteiger partial charge >= 0.3 is 5.97 Å². The van der Waals surface area contributed by atoms with Crippen molar-refractivity contribution in [2.24, 2.45) is 0 Å². The van der Waals surface area contributed by atoms with Crippen molar-refractivity contribution < 1.29 is 24.5 Å². The molecule has 0 aromatic rings. The zero-order valence-electron chi connectivity index (χ0n) is 52.9. The van der Waals surface area contributed by atoms with Crippen molar-refractivity contribution in [3.8, 4) is 0 Å². The molecule has 0 aliphatic rings. The van der Waals surface area contributed by atoms with Gasteiger partial charge in [0.1, 0.15) is 0 Å². The van der Waals surface area contributed by atoms with Crippen LogP contribution in [0.2, 0.25) is 0 Å². The standard InChI is InChI=1S/C73H135NO5/c1-3-5-7-9-11-13-15-17-39-43-47-51-55-59-63-67-73(78)79-68-64-60-56-52-48-44-41-38-36-34-32-30-28-26-24-22-20-18-19-21-23-25-27-29-31-33-35-37-40-42-46-50-54-58-62-66-72(77)74-70(69-75)71(76)65-61-57-53-49-45-16-14-12-10-8-6-4-2/h11,13,17,20,22,26,28,39,61,65,70-71,75-76H,3-10,12,14-16,18-19,21,23-25,27,29-38,40-60,62-64,66-69H2,1-2H3,(H,74,77)/b13-11-,22-20-,28-26-,39-17-,65-61+. The molecule has 0 saturated carbocycles. The Balaban J connectivity index is 3.38. The highest BCUT2D eigenvalue weighted by Gasteiger charge is 2.18. The third kappa shape index (κ3) is 64.6. The minimum absolute atomic E-state index is 0.00221. The van der Waals surface area contributed by atoms with Crippen LogP contribution in [0.1, 0.15) is 367 Å². The number of unbranched alkanes of at least 4 members (excludes halogenated alkanes) is 46. The Hall–Kier alpha value is -2.44. The number of aliphatic hydroxyl groups excluding tert-OH is 2. The van der Waals surface area contributed by atoms with E-state index >= 15 is 0 Å². The average molecular weight is 1110 g/mol. The van der Waals surface area contributed by atoms with Crippen LogP contribution >= 0.6 is 0 Å². The van der Waals surface area contributed by atoms with Crippen molar-refractivity contribution >= 4 is 11.9 Å². The Labute approximate surface area is 492 Å². The second-order valence-electron chi connectivity index (χ2n) is 23.9. The van der Waals surface area contributed by atoms with E-state index < -0.39 is 12.1 Å². The van der Waals surface area contributed by atoms with Gasteiger partial charge in [-0.05, 0) is 96.3 Å². The first-order chi connectivity index (χ1) is 39.0. The maximum absolute atomic E-state index is 12.5. The number of hydrogen-bond donors (Lipinski definition) is 3. The van der Waals surface area contributed by atoms with Gasteiger partial charge in [-0.25, -0.2) is 0 Å². The van der Waals surface area contributed by atoms with Gasteiger partial charge in [0.05, 0.1) is 25.4 Å². The SMILES string of the molecule is CCCCC/C=C\C/C=C\CCCCCCCC(=O)OCCCCCCCCCCCCC/C=C\C/C=C\CCCCCCCCCCCCCCCCCCCC(=O)NC(CO)C(O)/C=C/CCCCCCCCCCCC. The molecule has 0 rings (SSSR count). The second-order valence-corrected chi connectivity index (χ2v) is 23.9. The Morgan fingerprint density at radius 3 is 0.987 bits per heavy atom. The molecule has 0 radical (unpaired) electrons. The van der Waals surface area contributed by atoms with E-state index in [1.54, 1.807) is 6.08 Å². The molecule has 0 heterocycles. The van der Waals surface area contributed by atoms with E-state index in [0.717, 1.165) is 57.8 Å². The van der Waals surface area contributed by atoms with Gasteiger partial charge in [0.15, 0.2) is 0 Å². The van der Waals surface area contributed by atoms with E-state index in [2.05, 4.69) is 67.8 Å². The summed E-state index contributed by atoms with van der Waals surface area (Å²) >= 11 is 0. The molecular weight excluding hydrogens is 971 g/mol. The highest BCUT2D eigenvalue weighted by atomic mass is 16.5. The van der Waals surface area contributed by atoms with Gasteiger partial charge < -0.3 is 20.3 Å². The molecule has 0 aliphatic heterocycles. The van der Waals surface area contributed by atoms with Crippen LogP contribution in [0.5, 0.6) is 0 Å². The molecule has 0 aliphatic carbocycles. The van der Waals surface area contributed by atoms with Gasteiger partial charge in [0.25, 0.3) is 0 Å². The number of aliphatic hydroxyl groups is 2. The molecular formula is C73H135NO5. The maximum Gasteiger partial charge on any atom is 0.305 e. The van der Waals surface area contributed by atoms with Gasteiger partial charge in [0.2, 0.25) is 5.91 Å². The molecule has 0 saturated heterocycles. The predicted molar refractivity (Wildman–Crippen MR) is 347 cm³/mol. The normalized spacial score (nSPS) is 12.9. The fraction of sp³-hybridized carbons (Fsp3) is 0.836. The van der Waals surface area contributed by atoms with Crippen molar-refractivity contribution in [2.45, 2.75) is 379 Å². The van der Waals surface area contributed by atoms with Gasteiger partial charge in [-0.2, -0.15) is 0 Å². The van der Waals surface area contributed by atoms with Crippen LogP contribution in [0.25, 0.3) is 0 Å². The smallest absolute Gasteiger partial charge is 0.305 e. The number of carbonyl (C=O) groups is 2. The zero-order valence-corrected chi connectivity index (χ0v) is 52.9. The summed E-state index contributed by atoms with van der Waals surface area (Å²) in [6.07, 6.45) is 90.2. The molecule has 0 aromatic carbocycles. The van der Waals surface area contributed by atoms with E-state index in [1.807, 2.05) is 6.08 Å². The summed E-state index contributed by atoms with van der Waals surface area (Å²) in [4.78, 5) is 24.5. The molecule has 79 heavy (non-hydrogen) atoms. The van der Waals surface area contributed by atoms with Crippen LogP contribution < -0.4 is 5.32 Å². The summed E-state index contributed by atoms with van der Waals surface area (Å²) in [6, 6.07) is -0.626. The monoisotopic (exact) mass is 1110 g/mol. The van der Waals surface area contributed by atoms with E-state index in [9.17, 15) is 19.8 Å². The fourth-order valence-electron chi connectivity index (χ4n) is 10.6. The molecule has 6 heteroatoms. The third-order valence-electron chi connectivity index (χ3n) is 16.0. The predicted octanol–water partition coefficient (Wildman–Crippen LogP) is 22.6. The van der Waals surface area contributed by atoms with E-state index in [4.69, 9.17) is 4.74 Å². The summed E-state index contributed by atoms with van der Waals surface area (Å²) in [5.74, 6) is -0.0635. The maximum atomic E-state index is 12.5. The molecule has 3 N–H and O–H groups in total. The molecule has 0 spiro atoms. The first-order valence-corrected chi connectivity index (χ1v) is 35.1. The van der Waals surface area contributed by atoms with E-state index in [1.165, 1.54) is 283 Å². The largest absolute Gasteiger partial charge is 0.466 e. The number of amides is 1. The summed E-state index contributed by atoms with van der Waals surface area (Å²) in [5.41, 5.74) is 0. The minimum Gasteiger partial charge on any atom is -0.466 e. The summed E-state index contributed by atoms with van der Waals surface area (Å²) in [7, 11) is 0. The number of nitrogens with one attached hydrogen (secondary N) is 1. The highest BCUT2D eigenvalue weighted by molar-refractivity contribution is 5.76. The Bertz CT molecular complexity index is 1370. The number of ether oxygens (including phenoxy) is 1. The Kier molecular flexibility index (Phi) is 66.0. The second kappa shape index (κ2) is 68.1. The summed E-state index contributed by atoms with van der Waals surface area (Å²) < 4.78 is 5.48. The van der Waals surface area contributed by atoms with Gasteiger partial charge in [0, 0.05) is 12.8 Å². The molecule has 0 bridgehead atoms. The van der Waals surface area contributed by atoms with Gasteiger partial charge in [-0.15, -0.1) is 0 Å². The summed E-state index contributed by atoms with van der Waals surface area (Å²) in [6.45, 7) is 4.88. The van der Waals surface area contributed by atoms with Crippen LogP contribution in [-0.4, -0.2) is 47.4 Å². The fourth-order valence-corrected chi connectivity index (χ4v) is 10.6.